The second-order valence-electron chi connectivity index (χ2n) is 3.03. The van der Waals surface area contributed by atoms with Gasteiger partial charge in [0.15, 0.2) is 5.82 Å². The second-order valence-corrected chi connectivity index (χ2v) is 3.03. The first-order chi connectivity index (χ1) is 7.25. The molecule has 0 bridgehead atoms. The highest BCUT2D eigenvalue weighted by atomic mass is 19.4. The fourth-order valence-corrected chi connectivity index (χ4v) is 1.12. The molecular formula is C9H8F4N2O. The highest BCUT2D eigenvalue weighted by Gasteiger charge is 2.35. The lowest BCUT2D eigenvalue weighted by Gasteiger charge is -2.17. The third-order valence-electron chi connectivity index (χ3n) is 1.98. The van der Waals surface area contributed by atoms with Gasteiger partial charge in [-0.1, -0.05) is 6.07 Å². The summed E-state index contributed by atoms with van der Waals surface area (Å²) in [7, 11) is 1.08. The Balaban J connectivity index is 3.30. The van der Waals surface area contributed by atoms with E-state index in [2.05, 4.69) is 0 Å². The molecule has 3 nitrogen and oxygen atoms in total. The van der Waals surface area contributed by atoms with E-state index in [1.807, 2.05) is 0 Å². The first-order valence-corrected chi connectivity index (χ1v) is 4.14. The number of carbonyl (C=O) groups excluding carboxylic acids is 1. The van der Waals surface area contributed by atoms with Gasteiger partial charge in [-0.05, 0) is 12.1 Å². The van der Waals surface area contributed by atoms with Gasteiger partial charge >= 0.3 is 12.2 Å². The van der Waals surface area contributed by atoms with Crippen LogP contribution in [0.2, 0.25) is 0 Å². The van der Waals surface area contributed by atoms with E-state index in [-0.39, 0.29) is 0 Å². The van der Waals surface area contributed by atoms with Crippen molar-refractivity contribution >= 4 is 11.7 Å². The van der Waals surface area contributed by atoms with E-state index in [1.165, 1.54) is 0 Å². The number of anilines is 1. The van der Waals surface area contributed by atoms with Gasteiger partial charge in [0.05, 0.1) is 11.3 Å². The minimum atomic E-state index is -4.81. The molecule has 1 rings (SSSR count). The van der Waals surface area contributed by atoms with Crippen molar-refractivity contribution in [2.24, 2.45) is 5.73 Å². The van der Waals surface area contributed by atoms with Crippen LogP contribution < -0.4 is 10.6 Å². The number of hydrogen-bond donors (Lipinski definition) is 1. The summed E-state index contributed by atoms with van der Waals surface area (Å²) in [6.07, 6.45) is -4.81. The lowest BCUT2D eigenvalue weighted by atomic mass is 10.1. The Bertz CT molecular complexity index is 416. The van der Waals surface area contributed by atoms with Crippen molar-refractivity contribution in [3.63, 3.8) is 0 Å². The molecule has 0 aromatic heterocycles. The predicted octanol–water partition coefficient (Wildman–Crippen LogP) is 2.36. The van der Waals surface area contributed by atoms with Crippen LogP contribution in [0.1, 0.15) is 5.56 Å². The molecule has 1 aromatic rings. The Hall–Kier alpha value is -1.79. The van der Waals surface area contributed by atoms with E-state index in [1.54, 1.807) is 0 Å². The lowest BCUT2D eigenvalue weighted by molar-refractivity contribution is -0.139. The van der Waals surface area contributed by atoms with Gasteiger partial charge in [-0.25, -0.2) is 9.18 Å². The average molecular weight is 236 g/mol. The van der Waals surface area contributed by atoms with Crippen molar-refractivity contribution in [3.05, 3.63) is 29.6 Å². The molecule has 7 heteroatoms. The Kier molecular flexibility index (Phi) is 3.06. The molecule has 88 valence electrons. The van der Waals surface area contributed by atoms with Gasteiger partial charge in [-0.2, -0.15) is 13.2 Å². The number of amides is 2. The number of urea groups is 1. The van der Waals surface area contributed by atoms with Gasteiger partial charge in [0.2, 0.25) is 0 Å². The Labute approximate surface area is 88.4 Å². The molecule has 0 heterocycles. The van der Waals surface area contributed by atoms with Crippen molar-refractivity contribution in [2.75, 3.05) is 11.9 Å². The van der Waals surface area contributed by atoms with Crippen LogP contribution in [0.5, 0.6) is 0 Å². The number of halogens is 4. The Morgan fingerprint density at radius 3 is 2.38 bits per heavy atom. The Morgan fingerprint density at radius 2 is 1.94 bits per heavy atom. The quantitative estimate of drug-likeness (QED) is 0.747. The highest BCUT2D eigenvalue weighted by molar-refractivity contribution is 5.90. The smallest absolute Gasteiger partial charge is 0.351 e. The molecule has 1 aromatic carbocycles. The summed E-state index contributed by atoms with van der Waals surface area (Å²) in [5, 5.41) is 0. The molecule has 2 N–H and O–H groups in total. The molecule has 0 unspecified atom stereocenters. The molecular weight excluding hydrogens is 228 g/mol. The molecule has 0 fully saturated rings. The number of carbonyl (C=O) groups is 1. The van der Waals surface area contributed by atoms with E-state index < -0.39 is 29.3 Å². The van der Waals surface area contributed by atoms with Crippen LogP contribution in [0.25, 0.3) is 0 Å². The van der Waals surface area contributed by atoms with Crippen molar-refractivity contribution < 1.29 is 22.4 Å². The maximum atomic E-state index is 13.4. The van der Waals surface area contributed by atoms with Crippen LogP contribution in [0.15, 0.2) is 18.2 Å². The number of nitrogens with zero attached hydrogens (tertiary/aromatic N) is 1. The van der Waals surface area contributed by atoms with Crippen LogP contribution >= 0.6 is 0 Å². The van der Waals surface area contributed by atoms with Gasteiger partial charge in [-0.15, -0.1) is 0 Å². The summed E-state index contributed by atoms with van der Waals surface area (Å²) in [6.45, 7) is 0. The van der Waals surface area contributed by atoms with Crippen molar-refractivity contribution in [1.29, 1.82) is 0 Å². The number of benzene rings is 1. The summed E-state index contributed by atoms with van der Waals surface area (Å²) in [5.74, 6) is -1.52. The van der Waals surface area contributed by atoms with Gasteiger partial charge in [0.1, 0.15) is 0 Å². The molecule has 0 atom stereocenters. The summed E-state index contributed by atoms with van der Waals surface area (Å²) < 4.78 is 50.4. The molecule has 16 heavy (non-hydrogen) atoms. The van der Waals surface area contributed by atoms with E-state index in [4.69, 9.17) is 5.73 Å². The minimum Gasteiger partial charge on any atom is -0.351 e. The van der Waals surface area contributed by atoms with Crippen LogP contribution in [0, 0.1) is 5.82 Å². The SMILES string of the molecule is CN(C(N)=O)c1cccc(C(F)(F)F)c1F. The van der Waals surface area contributed by atoms with E-state index in [0.29, 0.717) is 11.0 Å². The van der Waals surface area contributed by atoms with Crippen molar-refractivity contribution in [3.8, 4) is 0 Å². The third kappa shape index (κ3) is 2.23. The fourth-order valence-electron chi connectivity index (χ4n) is 1.12. The summed E-state index contributed by atoms with van der Waals surface area (Å²) in [6, 6.07) is 1.59. The maximum absolute atomic E-state index is 13.4. The number of alkyl halides is 3. The molecule has 0 aliphatic heterocycles. The van der Waals surface area contributed by atoms with Crippen molar-refractivity contribution in [2.45, 2.75) is 6.18 Å². The van der Waals surface area contributed by atoms with E-state index in [0.717, 1.165) is 19.2 Å². The number of primary amides is 1. The molecule has 0 radical (unpaired) electrons. The summed E-state index contributed by atoms with van der Waals surface area (Å²) >= 11 is 0. The van der Waals surface area contributed by atoms with Crippen LogP contribution in [-0.4, -0.2) is 13.1 Å². The van der Waals surface area contributed by atoms with Gasteiger partial charge in [0, 0.05) is 7.05 Å². The monoisotopic (exact) mass is 236 g/mol. The number of nitrogens with two attached hydrogens (primary N) is 1. The normalized spacial score (nSPS) is 11.3. The van der Waals surface area contributed by atoms with Gasteiger partial charge < -0.3 is 5.73 Å². The van der Waals surface area contributed by atoms with Crippen LogP contribution in [-0.2, 0) is 6.18 Å². The molecule has 0 spiro atoms. The highest BCUT2D eigenvalue weighted by Crippen LogP contribution is 2.34. The zero-order valence-electron chi connectivity index (χ0n) is 8.18. The van der Waals surface area contributed by atoms with Gasteiger partial charge in [0.25, 0.3) is 0 Å². The lowest BCUT2D eigenvalue weighted by Crippen LogP contribution is -2.32. The molecule has 0 aliphatic carbocycles. The topological polar surface area (TPSA) is 46.3 Å². The minimum absolute atomic E-state index is 0.512. The standard InChI is InChI=1S/C9H8F4N2O/c1-15(8(14)16)6-4-2-3-5(7(6)10)9(11,12)13/h2-4H,1H3,(H2,14,16). The van der Waals surface area contributed by atoms with E-state index >= 15 is 0 Å². The number of rotatable bonds is 1. The molecule has 0 saturated heterocycles. The largest absolute Gasteiger partial charge is 0.419 e. The first-order valence-electron chi connectivity index (χ1n) is 4.14. The second kappa shape index (κ2) is 3.99. The first kappa shape index (κ1) is 12.3. The summed E-state index contributed by atoms with van der Waals surface area (Å²) in [4.78, 5) is 11.3. The fraction of sp³-hybridized carbons (Fsp3) is 0.222. The molecule has 2 amide bonds. The van der Waals surface area contributed by atoms with Crippen molar-refractivity contribution in [1.82, 2.24) is 0 Å². The average Bonchev–Trinajstić information content (AvgIpc) is 2.15. The molecule has 0 aliphatic rings. The van der Waals surface area contributed by atoms with Gasteiger partial charge in [-0.3, -0.25) is 4.90 Å². The number of hydrogen-bond acceptors (Lipinski definition) is 1. The summed E-state index contributed by atoms with van der Waals surface area (Å²) in [5.41, 5.74) is 2.89. The maximum Gasteiger partial charge on any atom is 0.419 e. The Morgan fingerprint density at radius 1 is 1.38 bits per heavy atom. The zero-order valence-corrected chi connectivity index (χ0v) is 8.18. The van der Waals surface area contributed by atoms with Crippen LogP contribution in [0.4, 0.5) is 28.0 Å². The predicted molar refractivity (Wildman–Crippen MR) is 49.4 cm³/mol. The van der Waals surface area contributed by atoms with Crippen LogP contribution in [0.3, 0.4) is 0 Å². The molecule has 0 saturated carbocycles. The third-order valence-corrected chi connectivity index (χ3v) is 1.98. The zero-order chi connectivity index (χ0) is 12.5. The van der Waals surface area contributed by atoms with E-state index in [9.17, 15) is 22.4 Å².